The molecule has 3 rings (SSSR count). The molecule has 0 bridgehead atoms. The molecule has 0 saturated heterocycles. The van der Waals surface area contributed by atoms with E-state index in [1.54, 1.807) is 0 Å². The number of nitrogens with zero attached hydrogens (tertiary/aromatic N) is 1. The van der Waals surface area contributed by atoms with Crippen molar-refractivity contribution in [3.8, 4) is 0 Å². The number of para-hydroxylation sites is 1. The van der Waals surface area contributed by atoms with Crippen LogP contribution in [0.4, 0.5) is 0 Å². The first-order chi connectivity index (χ1) is 9.24. The van der Waals surface area contributed by atoms with Crippen LogP contribution in [0.3, 0.4) is 0 Å². The second kappa shape index (κ2) is 5.30. The monoisotopic (exact) mass is 254 g/mol. The van der Waals surface area contributed by atoms with Crippen molar-refractivity contribution in [3.63, 3.8) is 0 Å². The van der Waals surface area contributed by atoms with Gasteiger partial charge in [-0.1, -0.05) is 25.1 Å². The van der Waals surface area contributed by atoms with Gasteiger partial charge in [-0.15, -0.1) is 0 Å². The van der Waals surface area contributed by atoms with E-state index in [1.165, 1.54) is 23.8 Å². The second-order valence-electron chi connectivity index (χ2n) is 5.90. The zero-order valence-corrected chi connectivity index (χ0v) is 11.8. The molecule has 19 heavy (non-hydrogen) atoms. The Morgan fingerprint density at radius 1 is 1.21 bits per heavy atom. The second-order valence-corrected chi connectivity index (χ2v) is 5.90. The predicted octanol–water partition coefficient (Wildman–Crippen LogP) is 3.55. The van der Waals surface area contributed by atoms with Gasteiger partial charge in [-0.3, -0.25) is 4.98 Å². The third-order valence-electron chi connectivity index (χ3n) is 4.21. The Bertz CT molecular complexity index is 555. The summed E-state index contributed by atoms with van der Waals surface area (Å²) in [5, 5.41) is 5.01. The fraction of sp³-hybridized carbons (Fsp3) is 0.471. The van der Waals surface area contributed by atoms with Gasteiger partial charge in [0, 0.05) is 23.7 Å². The van der Waals surface area contributed by atoms with E-state index in [2.05, 4.69) is 54.5 Å². The molecule has 100 valence electrons. The minimum atomic E-state index is 0.583. The van der Waals surface area contributed by atoms with Crippen molar-refractivity contribution in [3.05, 3.63) is 42.1 Å². The number of fused-ring (bicyclic) bond motifs is 1. The Labute approximate surface area is 115 Å². The van der Waals surface area contributed by atoms with Crippen molar-refractivity contribution in [2.75, 3.05) is 0 Å². The highest BCUT2D eigenvalue weighted by molar-refractivity contribution is 5.81. The summed E-state index contributed by atoms with van der Waals surface area (Å²) in [5.41, 5.74) is 2.53. The minimum absolute atomic E-state index is 0.583. The zero-order chi connectivity index (χ0) is 13.2. The highest BCUT2D eigenvalue weighted by Gasteiger charge is 2.25. The molecule has 0 aliphatic heterocycles. The van der Waals surface area contributed by atoms with Crippen molar-refractivity contribution in [2.24, 2.45) is 5.92 Å². The first-order valence-electron chi connectivity index (χ1n) is 7.32. The van der Waals surface area contributed by atoms with Crippen LogP contribution in [0.5, 0.6) is 0 Å². The maximum atomic E-state index is 4.44. The number of benzene rings is 1. The van der Waals surface area contributed by atoms with Crippen molar-refractivity contribution in [1.29, 1.82) is 0 Å². The van der Waals surface area contributed by atoms with Crippen LogP contribution in [-0.2, 0) is 6.42 Å². The zero-order valence-electron chi connectivity index (χ0n) is 11.8. The molecule has 1 aliphatic carbocycles. The van der Waals surface area contributed by atoms with Gasteiger partial charge in [0.2, 0.25) is 0 Å². The van der Waals surface area contributed by atoms with E-state index in [9.17, 15) is 0 Å². The van der Waals surface area contributed by atoms with Crippen LogP contribution in [0.25, 0.3) is 10.9 Å². The highest BCUT2D eigenvalue weighted by Crippen LogP contribution is 2.24. The average Bonchev–Trinajstić information content (AvgIpc) is 3.23. The lowest BCUT2D eigenvalue weighted by Gasteiger charge is -2.22. The molecule has 2 unspecified atom stereocenters. The molecule has 1 N–H and O–H groups in total. The summed E-state index contributed by atoms with van der Waals surface area (Å²) in [5.74, 6) is 0.645. The Balaban J connectivity index is 1.76. The smallest absolute Gasteiger partial charge is 0.0704 e. The largest absolute Gasteiger partial charge is 0.311 e. The molecule has 0 radical (unpaired) electrons. The van der Waals surface area contributed by atoms with Gasteiger partial charge >= 0.3 is 0 Å². The molecule has 0 spiro atoms. The average molecular weight is 254 g/mol. The number of aromatic nitrogens is 1. The summed E-state index contributed by atoms with van der Waals surface area (Å²) in [6.45, 7) is 4.65. The van der Waals surface area contributed by atoms with Crippen LogP contribution in [-0.4, -0.2) is 17.1 Å². The van der Waals surface area contributed by atoms with Gasteiger partial charge in [0.15, 0.2) is 0 Å². The Hall–Kier alpha value is -1.41. The van der Waals surface area contributed by atoms with E-state index in [0.717, 1.165) is 18.0 Å². The van der Waals surface area contributed by atoms with Gasteiger partial charge in [-0.25, -0.2) is 0 Å². The lowest BCUT2D eigenvalue weighted by atomic mass is 9.93. The predicted molar refractivity (Wildman–Crippen MR) is 80.2 cm³/mol. The van der Waals surface area contributed by atoms with E-state index >= 15 is 0 Å². The van der Waals surface area contributed by atoms with Gasteiger partial charge < -0.3 is 5.32 Å². The van der Waals surface area contributed by atoms with Gasteiger partial charge in [0.25, 0.3) is 0 Å². The van der Waals surface area contributed by atoms with Crippen molar-refractivity contribution in [1.82, 2.24) is 10.3 Å². The topological polar surface area (TPSA) is 24.9 Å². The number of hydrogen-bond donors (Lipinski definition) is 1. The van der Waals surface area contributed by atoms with Crippen molar-refractivity contribution < 1.29 is 0 Å². The SMILES string of the molecule is CC(Cc1ccnc2ccccc12)C(C)NC1CC1. The minimum Gasteiger partial charge on any atom is -0.311 e. The van der Waals surface area contributed by atoms with Crippen LogP contribution in [0.1, 0.15) is 32.3 Å². The van der Waals surface area contributed by atoms with E-state index in [4.69, 9.17) is 0 Å². The number of rotatable bonds is 5. The van der Waals surface area contributed by atoms with Crippen molar-refractivity contribution in [2.45, 2.75) is 45.2 Å². The Morgan fingerprint density at radius 3 is 2.79 bits per heavy atom. The first-order valence-corrected chi connectivity index (χ1v) is 7.32. The number of nitrogens with one attached hydrogen (secondary N) is 1. The summed E-state index contributed by atoms with van der Waals surface area (Å²) in [6.07, 6.45) is 5.76. The first kappa shape index (κ1) is 12.6. The van der Waals surface area contributed by atoms with Crippen LogP contribution >= 0.6 is 0 Å². The summed E-state index contributed by atoms with van der Waals surface area (Å²) in [6, 6.07) is 12.0. The molecular formula is C17H22N2. The maximum absolute atomic E-state index is 4.44. The van der Waals surface area contributed by atoms with Gasteiger partial charge in [0.05, 0.1) is 5.52 Å². The number of pyridine rings is 1. The van der Waals surface area contributed by atoms with E-state index in [1.807, 2.05) is 6.20 Å². The number of hydrogen-bond acceptors (Lipinski definition) is 2. The Morgan fingerprint density at radius 2 is 2.00 bits per heavy atom. The normalized spacial score (nSPS) is 18.4. The molecule has 1 fully saturated rings. The van der Waals surface area contributed by atoms with Crippen LogP contribution in [0, 0.1) is 5.92 Å². The standard InChI is InChI=1S/C17H22N2/c1-12(13(2)19-15-7-8-15)11-14-9-10-18-17-6-4-3-5-16(14)17/h3-6,9-10,12-13,15,19H,7-8,11H2,1-2H3. The lowest BCUT2D eigenvalue weighted by Crippen LogP contribution is -2.34. The summed E-state index contributed by atoms with van der Waals surface area (Å²) in [4.78, 5) is 4.44. The molecule has 1 heterocycles. The van der Waals surface area contributed by atoms with E-state index < -0.39 is 0 Å². The van der Waals surface area contributed by atoms with Crippen LogP contribution in [0.15, 0.2) is 36.5 Å². The third-order valence-corrected chi connectivity index (χ3v) is 4.21. The molecule has 1 saturated carbocycles. The lowest BCUT2D eigenvalue weighted by molar-refractivity contribution is 0.396. The highest BCUT2D eigenvalue weighted by atomic mass is 15.0. The summed E-state index contributed by atoms with van der Waals surface area (Å²) in [7, 11) is 0. The fourth-order valence-corrected chi connectivity index (χ4v) is 2.64. The molecule has 0 amide bonds. The van der Waals surface area contributed by atoms with Crippen LogP contribution in [0.2, 0.25) is 0 Å². The van der Waals surface area contributed by atoms with Crippen LogP contribution < -0.4 is 5.32 Å². The van der Waals surface area contributed by atoms with E-state index in [0.29, 0.717) is 12.0 Å². The molecule has 2 nitrogen and oxygen atoms in total. The molecule has 2 atom stereocenters. The maximum Gasteiger partial charge on any atom is 0.0704 e. The third kappa shape index (κ3) is 2.95. The molecule has 2 heteroatoms. The Kier molecular flexibility index (Phi) is 3.52. The van der Waals surface area contributed by atoms with Gasteiger partial charge in [-0.2, -0.15) is 0 Å². The molecular weight excluding hydrogens is 232 g/mol. The summed E-state index contributed by atoms with van der Waals surface area (Å²) >= 11 is 0. The molecule has 1 aromatic heterocycles. The quantitative estimate of drug-likeness (QED) is 0.882. The summed E-state index contributed by atoms with van der Waals surface area (Å²) < 4.78 is 0. The van der Waals surface area contributed by atoms with Crippen molar-refractivity contribution >= 4 is 10.9 Å². The molecule has 1 aliphatic rings. The van der Waals surface area contributed by atoms with Gasteiger partial charge in [-0.05, 0) is 49.8 Å². The van der Waals surface area contributed by atoms with E-state index in [-0.39, 0.29) is 0 Å². The molecule has 1 aromatic carbocycles. The van der Waals surface area contributed by atoms with Gasteiger partial charge in [0.1, 0.15) is 0 Å². The fourth-order valence-electron chi connectivity index (χ4n) is 2.64. The molecule has 2 aromatic rings.